The number of aromatic amines is 1. The van der Waals surface area contributed by atoms with Crippen LogP contribution in [-0.4, -0.2) is 21.8 Å². The van der Waals surface area contributed by atoms with Crippen LogP contribution in [0.25, 0.3) is 10.9 Å². The van der Waals surface area contributed by atoms with E-state index in [1.165, 1.54) is 19.3 Å². The van der Waals surface area contributed by atoms with Gasteiger partial charge in [0, 0.05) is 23.0 Å². The molecule has 25 heavy (non-hydrogen) atoms. The molecule has 0 saturated heterocycles. The van der Waals surface area contributed by atoms with Gasteiger partial charge >= 0.3 is 0 Å². The summed E-state index contributed by atoms with van der Waals surface area (Å²) in [6.45, 7) is 6.29. The van der Waals surface area contributed by atoms with E-state index in [4.69, 9.17) is 0 Å². The molecule has 1 fully saturated rings. The summed E-state index contributed by atoms with van der Waals surface area (Å²) in [4.78, 5) is 30.3. The molecule has 1 aromatic carbocycles. The molecular formula is C21H28N2O2. The van der Waals surface area contributed by atoms with Gasteiger partial charge in [0.05, 0.1) is 6.54 Å². The van der Waals surface area contributed by atoms with Crippen molar-refractivity contribution in [2.45, 2.75) is 65.5 Å². The van der Waals surface area contributed by atoms with Gasteiger partial charge in [0.25, 0.3) is 5.56 Å². The number of hydrogen-bond acceptors (Lipinski definition) is 2. The van der Waals surface area contributed by atoms with Crippen molar-refractivity contribution in [1.29, 1.82) is 0 Å². The standard InChI is InChI=1S/C21H28N2O2/c1-14(2)21(25)23(18-7-5-4-6-8-18)13-17-12-16-10-9-15(3)11-19(16)22-20(17)24/h9-12,14,18H,4-8,13H2,1-3H3,(H,22,24). The summed E-state index contributed by atoms with van der Waals surface area (Å²) in [7, 11) is 0. The van der Waals surface area contributed by atoms with E-state index in [1.54, 1.807) is 0 Å². The van der Waals surface area contributed by atoms with Crippen LogP contribution in [0, 0.1) is 12.8 Å². The molecule has 0 spiro atoms. The maximum atomic E-state index is 12.8. The lowest BCUT2D eigenvalue weighted by atomic mass is 9.93. The molecular weight excluding hydrogens is 312 g/mol. The topological polar surface area (TPSA) is 53.2 Å². The highest BCUT2D eigenvalue weighted by molar-refractivity contribution is 5.80. The Balaban J connectivity index is 1.94. The number of rotatable bonds is 4. The SMILES string of the molecule is Cc1ccc2cc(CN(C(=O)C(C)C)C3CCCCC3)c(=O)[nH]c2c1. The zero-order valence-corrected chi connectivity index (χ0v) is 15.5. The number of aromatic nitrogens is 1. The van der Waals surface area contributed by atoms with Crippen LogP contribution in [0.15, 0.2) is 29.1 Å². The van der Waals surface area contributed by atoms with Crippen LogP contribution in [0.2, 0.25) is 0 Å². The van der Waals surface area contributed by atoms with Crippen LogP contribution in [0.1, 0.15) is 57.1 Å². The van der Waals surface area contributed by atoms with Gasteiger partial charge in [0.15, 0.2) is 0 Å². The molecule has 3 rings (SSSR count). The highest BCUT2D eigenvalue weighted by Crippen LogP contribution is 2.25. The van der Waals surface area contributed by atoms with E-state index in [0.29, 0.717) is 12.1 Å². The van der Waals surface area contributed by atoms with Crippen LogP contribution in [0.5, 0.6) is 0 Å². The van der Waals surface area contributed by atoms with Gasteiger partial charge in [-0.25, -0.2) is 0 Å². The van der Waals surface area contributed by atoms with Gasteiger partial charge in [-0.3, -0.25) is 9.59 Å². The van der Waals surface area contributed by atoms with Gasteiger partial charge in [-0.1, -0.05) is 45.2 Å². The zero-order valence-electron chi connectivity index (χ0n) is 15.5. The fraction of sp³-hybridized carbons (Fsp3) is 0.524. The second-order valence-electron chi connectivity index (χ2n) is 7.63. The van der Waals surface area contributed by atoms with E-state index >= 15 is 0 Å². The largest absolute Gasteiger partial charge is 0.335 e. The molecule has 1 N–H and O–H groups in total. The van der Waals surface area contributed by atoms with Crippen molar-refractivity contribution in [2.75, 3.05) is 0 Å². The van der Waals surface area contributed by atoms with E-state index in [2.05, 4.69) is 4.98 Å². The molecule has 4 nitrogen and oxygen atoms in total. The second kappa shape index (κ2) is 7.42. The number of H-pyrrole nitrogens is 1. The second-order valence-corrected chi connectivity index (χ2v) is 7.63. The van der Waals surface area contributed by atoms with E-state index in [-0.39, 0.29) is 23.4 Å². The average Bonchev–Trinajstić information content (AvgIpc) is 2.60. The van der Waals surface area contributed by atoms with E-state index in [9.17, 15) is 9.59 Å². The van der Waals surface area contributed by atoms with E-state index in [1.807, 2.05) is 49.9 Å². The van der Waals surface area contributed by atoms with E-state index in [0.717, 1.165) is 29.3 Å². The number of carbonyl (C=O) groups is 1. The minimum atomic E-state index is -0.0875. The fourth-order valence-electron chi connectivity index (χ4n) is 3.77. The number of aryl methyl sites for hydroxylation is 1. The molecule has 134 valence electrons. The summed E-state index contributed by atoms with van der Waals surface area (Å²) in [6.07, 6.45) is 5.67. The Morgan fingerprint density at radius 1 is 1.20 bits per heavy atom. The first-order valence-corrected chi connectivity index (χ1v) is 9.39. The van der Waals surface area contributed by atoms with Crippen LogP contribution in [-0.2, 0) is 11.3 Å². The molecule has 0 bridgehead atoms. The molecule has 1 aliphatic rings. The minimum absolute atomic E-state index is 0.0517. The number of hydrogen-bond donors (Lipinski definition) is 1. The number of fused-ring (bicyclic) bond motifs is 1. The number of pyridine rings is 1. The number of amides is 1. The lowest BCUT2D eigenvalue weighted by molar-refractivity contribution is -0.138. The van der Waals surface area contributed by atoms with Crippen molar-refractivity contribution in [3.05, 3.63) is 45.7 Å². The molecule has 1 heterocycles. The Morgan fingerprint density at radius 3 is 2.60 bits per heavy atom. The maximum Gasteiger partial charge on any atom is 0.253 e. The van der Waals surface area contributed by atoms with Gasteiger partial charge in [-0.05, 0) is 42.8 Å². The maximum absolute atomic E-state index is 12.8. The Kier molecular flexibility index (Phi) is 5.26. The van der Waals surface area contributed by atoms with Crippen LogP contribution in [0.4, 0.5) is 0 Å². The first-order chi connectivity index (χ1) is 12.0. The third-order valence-corrected chi connectivity index (χ3v) is 5.21. The molecule has 4 heteroatoms. The van der Waals surface area contributed by atoms with Gasteiger partial charge < -0.3 is 9.88 Å². The summed E-state index contributed by atoms with van der Waals surface area (Å²) >= 11 is 0. The highest BCUT2D eigenvalue weighted by atomic mass is 16.2. The highest BCUT2D eigenvalue weighted by Gasteiger charge is 2.27. The lowest BCUT2D eigenvalue weighted by Gasteiger charge is -2.35. The van der Waals surface area contributed by atoms with Gasteiger partial charge in [0.1, 0.15) is 0 Å². The number of carbonyl (C=O) groups excluding carboxylic acids is 1. The van der Waals surface area contributed by atoms with Gasteiger partial charge in [0.2, 0.25) is 5.91 Å². The predicted molar refractivity (Wildman–Crippen MR) is 102 cm³/mol. The molecule has 0 radical (unpaired) electrons. The number of nitrogens with zero attached hydrogens (tertiary/aromatic N) is 1. The van der Waals surface area contributed by atoms with Gasteiger partial charge in [-0.15, -0.1) is 0 Å². The molecule has 2 aromatic rings. The number of nitrogens with one attached hydrogen (secondary N) is 1. The molecule has 1 amide bonds. The molecule has 0 aliphatic heterocycles. The molecule has 1 aliphatic carbocycles. The monoisotopic (exact) mass is 340 g/mol. The van der Waals surface area contributed by atoms with Crippen molar-refractivity contribution < 1.29 is 4.79 Å². The quantitative estimate of drug-likeness (QED) is 0.909. The fourth-order valence-corrected chi connectivity index (χ4v) is 3.77. The number of benzene rings is 1. The molecule has 0 atom stereocenters. The summed E-state index contributed by atoms with van der Waals surface area (Å²) < 4.78 is 0. The summed E-state index contributed by atoms with van der Waals surface area (Å²) in [5.74, 6) is 0.0967. The Bertz CT molecular complexity index is 816. The Labute approximate surface area is 149 Å². The van der Waals surface area contributed by atoms with Crippen molar-refractivity contribution in [3.8, 4) is 0 Å². The van der Waals surface area contributed by atoms with Crippen LogP contribution in [0.3, 0.4) is 0 Å². The third-order valence-electron chi connectivity index (χ3n) is 5.21. The van der Waals surface area contributed by atoms with Crippen molar-refractivity contribution in [3.63, 3.8) is 0 Å². The summed E-state index contributed by atoms with van der Waals surface area (Å²) in [5.41, 5.74) is 2.56. The zero-order chi connectivity index (χ0) is 18.0. The Morgan fingerprint density at radius 2 is 1.92 bits per heavy atom. The van der Waals surface area contributed by atoms with Crippen molar-refractivity contribution in [1.82, 2.24) is 9.88 Å². The first kappa shape index (κ1) is 17.7. The minimum Gasteiger partial charge on any atom is -0.335 e. The van der Waals surface area contributed by atoms with Crippen molar-refractivity contribution in [2.24, 2.45) is 5.92 Å². The van der Waals surface area contributed by atoms with Crippen molar-refractivity contribution >= 4 is 16.8 Å². The molecule has 1 aromatic heterocycles. The summed E-state index contributed by atoms with van der Waals surface area (Å²) in [6, 6.07) is 8.26. The molecule has 1 saturated carbocycles. The lowest BCUT2D eigenvalue weighted by Crippen LogP contribution is -2.43. The summed E-state index contributed by atoms with van der Waals surface area (Å²) in [5, 5.41) is 1.01. The third kappa shape index (κ3) is 3.94. The van der Waals surface area contributed by atoms with E-state index < -0.39 is 0 Å². The van der Waals surface area contributed by atoms with Crippen LogP contribution < -0.4 is 5.56 Å². The predicted octanol–water partition coefficient (Wildman–Crippen LogP) is 4.15. The smallest absolute Gasteiger partial charge is 0.253 e. The Hall–Kier alpha value is -2.10. The van der Waals surface area contributed by atoms with Gasteiger partial charge in [-0.2, -0.15) is 0 Å². The first-order valence-electron chi connectivity index (χ1n) is 9.39. The average molecular weight is 340 g/mol. The van der Waals surface area contributed by atoms with Crippen LogP contribution >= 0.6 is 0 Å². The normalized spacial score (nSPS) is 15.7. The molecule has 0 unspecified atom stereocenters.